The molecule has 1 aromatic carbocycles. The zero-order valence-corrected chi connectivity index (χ0v) is 18.4. The van der Waals surface area contributed by atoms with Crippen molar-refractivity contribution in [1.82, 2.24) is 14.8 Å². The molecule has 2 aromatic heterocycles. The van der Waals surface area contributed by atoms with Crippen molar-refractivity contribution in [3.8, 4) is 11.5 Å². The van der Waals surface area contributed by atoms with E-state index in [2.05, 4.69) is 5.32 Å². The Morgan fingerprint density at radius 1 is 1.03 bits per heavy atom. The van der Waals surface area contributed by atoms with Gasteiger partial charge in [-0.05, 0) is 49.6 Å². The molecule has 5 rings (SSSR count). The molecule has 3 aromatic rings. The van der Waals surface area contributed by atoms with Gasteiger partial charge in [0.25, 0.3) is 5.91 Å². The van der Waals surface area contributed by atoms with Crippen LogP contribution in [-0.2, 0) is 17.9 Å². The third-order valence-electron chi connectivity index (χ3n) is 6.89. The van der Waals surface area contributed by atoms with Crippen LogP contribution in [-0.4, -0.2) is 32.9 Å². The Kier molecular flexibility index (Phi) is 5.37. The number of rotatable bonds is 5. The average Bonchev–Trinajstić information content (AvgIpc) is 3.48. The molecule has 2 aliphatic rings. The lowest BCUT2D eigenvalue weighted by molar-refractivity contribution is -0.134. The minimum atomic E-state index is -1.02. The number of nitrogens with zero attached hydrogens (tertiary/aromatic N) is 2. The fraction of sp³-hybridized carbons (Fsp3) is 0.385. The number of nitrogens with one attached hydrogen (secondary N) is 1. The second-order valence-corrected chi connectivity index (χ2v) is 9.13. The normalized spacial score (nSPS) is 21.4. The molecule has 0 spiro atoms. The molecule has 6 heteroatoms. The quantitative estimate of drug-likeness (QED) is 0.641. The molecule has 0 saturated heterocycles. The molecule has 1 aliphatic heterocycles. The largest absolute Gasteiger partial charge is 0.463 e. The van der Waals surface area contributed by atoms with Gasteiger partial charge in [0.05, 0.1) is 18.5 Å². The predicted octanol–water partition coefficient (Wildman–Crippen LogP) is 4.61. The molecule has 166 valence electrons. The van der Waals surface area contributed by atoms with Crippen molar-refractivity contribution in [2.45, 2.75) is 63.7 Å². The first-order chi connectivity index (χ1) is 15.6. The van der Waals surface area contributed by atoms with Crippen molar-refractivity contribution in [3.63, 3.8) is 0 Å². The molecule has 0 bridgehead atoms. The van der Waals surface area contributed by atoms with Crippen LogP contribution in [0, 0.1) is 0 Å². The number of carbonyl (C=O) groups is 2. The standard InChI is InChI=1S/C26H29N3O3/c1-26(25(31)27-20-11-6-3-7-12-20)18-28-21(23-13-8-16-32-23)14-15-22(28)24(30)29(26)17-19-9-4-2-5-10-19/h2,4-5,8-10,13-16,20H,3,6-7,11-12,17-18H2,1H3,(H,27,31). The van der Waals surface area contributed by atoms with Crippen molar-refractivity contribution >= 4 is 11.8 Å². The number of carbonyl (C=O) groups excluding carboxylic acids is 2. The third-order valence-corrected chi connectivity index (χ3v) is 6.89. The highest BCUT2D eigenvalue weighted by atomic mass is 16.3. The van der Waals surface area contributed by atoms with Crippen LogP contribution >= 0.6 is 0 Å². The van der Waals surface area contributed by atoms with Crippen molar-refractivity contribution in [2.24, 2.45) is 0 Å². The Bertz CT molecular complexity index is 1100. The monoisotopic (exact) mass is 431 g/mol. The molecular weight excluding hydrogens is 402 g/mol. The van der Waals surface area contributed by atoms with Crippen molar-refractivity contribution in [3.05, 3.63) is 72.1 Å². The van der Waals surface area contributed by atoms with Crippen LogP contribution in [0.5, 0.6) is 0 Å². The van der Waals surface area contributed by atoms with Crippen molar-refractivity contribution in [1.29, 1.82) is 0 Å². The van der Waals surface area contributed by atoms with E-state index in [9.17, 15) is 9.59 Å². The molecular formula is C26H29N3O3. The van der Waals surface area contributed by atoms with Gasteiger partial charge in [-0.1, -0.05) is 49.6 Å². The highest BCUT2D eigenvalue weighted by molar-refractivity contribution is 6.00. The summed E-state index contributed by atoms with van der Waals surface area (Å²) in [5, 5.41) is 3.27. The summed E-state index contributed by atoms with van der Waals surface area (Å²) in [6.45, 7) is 2.65. The highest BCUT2D eigenvalue weighted by Gasteiger charge is 2.48. The van der Waals surface area contributed by atoms with Gasteiger partial charge in [-0.15, -0.1) is 0 Å². The van der Waals surface area contributed by atoms with E-state index in [4.69, 9.17) is 4.42 Å². The molecule has 32 heavy (non-hydrogen) atoms. The first kappa shape index (κ1) is 20.6. The zero-order chi connectivity index (χ0) is 22.1. The number of amides is 2. The number of hydrogen-bond acceptors (Lipinski definition) is 3. The summed E-state index contributed by atoms with van der Waals surface area (Å²) in [5.41, 5.74) is 1.38. The van der Waals surface area contributed by atoms with Crippen LogP contribution in [0.1, 0.15) is 55.1 Å². The summed E-state index contributed by atoms with van der Waals surface area (Å²) in [4.78, 5) is 29.2. The number of aromatic nitrogens is 1. The van der Waals surface area contributed by atoms with Gasteiger partial charge in [0, 0.05) is 12.6 Å². The Labute approximate surface area is 188 Å². The molecule has 0 radical (unpaired) electrons. The van der Waals surface area contributed by atoms with E-state index in [-0.39, 0.29) is 17.9 Å². The fourth-order valence-electron chi connectivity index (χ4n) is 5.01. The predicted molar refractivity (Wildman–Crippen MR) is 122 cm³/mol. The summed E-state index contributed by atoms with van der Waals surface area (Å²) in [5.74, 6) is 0.466. The lowest BCUT2D eigenvalue weighted by Crippen LogP contribution is -2.64. The van der Waals surface area contributed by atoms with Gasteiger partial charge in [0.15, 0.2) is 0 Å². The SMILES string of the molecule is CC1(C(=O)NC2CCCCC2)Cn2c(ccc2-c2ccco2)C(=O)N1Cc1ccccc1. The highest BCUT2D eigenvalue weighted by Crippen LogP contribution is 2.34. The van der Waals surface area contributed by atoms with Crippen molar-refractivity contribution in [2.75, 3.05) is 0 Å². The maximum Gasteiger partial charge on any atom is 0.271 e. The summed E-state index contributed by atoms with van der Waals surface area (Å²) < 4.78 is 7.54. The Hall–Kier alpha value is -3.28. The Balaban J connectivity index is 1.52. The molecule has 1 unspecified atom stereocenters. The molecule has 1 saturated carbocycles. The van der Waals surface area contributed by atoms with Crippen molar-refractivity contribution < 1.29 is 14.0 Å². The van der Waals surface area contributed by atoms with Gasteiger partial charge in [0.1, 0.15) is 17.0 Å². The lowest BCUT2D eigenvalue weighted by atomic mass is 9.91. The minimum Gasteiger partial charge on any atom is -0.463 e. The van der Waals surface area contributed by atoms with E-state index in [0.29, 0.717) is 24.5 Å². The summed E-state index contributed by atoms with van der Waals surface area (Å²) in [7, 11) is 0. The van der Waals surface area contributed by atoms with Crippen LogP contribution < -0.4 is 5.32 Å². The maximum absolute atomic E-state index is 13.7. The molecule has 1 fully saturated rings. The molecule has 6 nitrogen and oxygen atoms in total. The number of hydrogen-bond donors (Lipinski definition) is 1. The summed E-state index contributed by atoms with van der Waals surface area (Å²) in [6, 6.07) is 17.5. The van der Waals surface area contributed by atoms with Gasteiger partial charge in [0.2, 0.25) is 5.91 Å². The van der Waals surface area contributed by atoms with E-state index in [1.165, 1.54) is 6.42 Å². The first-order valence-corrected chi connectivity index (χ1v) is 11.5. The molecule has 3 heterocycles. The van der Waals surface area contributed by atoms with Gasteiger partial charge in [-0.25, -0.2) is 0 Å². The maximum atomic E-state index is 13.7. The van der Waals surface area contributed by atoms with Crippen LogP contribution in [0.4, 0.5) is 0 Å². The van der Waals surface area contributed by atoms with E-state index in [1.807, 2.05) is 66.1 Å². The van der Waals surface area contributed by atoms with Crippen LogP contribution in [0.2, 0.25) is 0 Å². The average molecular weight is 432 g/mol. The number of fused-ring (bicyclic) bond motifs is 1. The molecule has 2 amide bonds. The topological polar surface area (TPSA) is 67.5 Å². The van der Waals surface area contributed by atoms with Crippen LogP contribution in [0.3, 0.4) is 0 Å². The fourth-order valence-corrected chi connectivity index (χ4v) is 5.01. The number of benzene rings is 1. The van der Waals surface area contributed by atoms with E-state index >= 15 is 0 Å². The zero-order valence-electron chi connectivity index (χ0n) is 18.4. The third kappa shape index (κ3) is 3.64. The number of furan rings is 1. The lowest BCUT2D eigenvalue weighted by Gasteiger charge is -2.45. The van der Waals surface area contributed by atoms with E-state index in [0.717, 1.165) is 36.9 Å². The molecule has 1 aliphatic carbocycles. The van der Waals surface area contributed by atoms with E-state index in [1.54, 1.807) is 11.2 Å². The first-order valence-electron chi connectivity index (χ1n) is 11.5. The summed E-state index contributed by atoms with van der Waals surface area (Å²) >= 11 is 0. The second kappa shape index (κ2) is 8.34. The minimum absolute atomic E-state index is 0.0848. The van der Waals surface area contributed by atoms with Crippen LogP contribution in [0.25, 0.3) is 11.5 Å². The Morgan fingerprint density at radius 3 is 2.50 bits per heavy atom. The molecule has 1 N–H and O–H groups in total. The van der Waals surface area contributed by atoms with Gasteiger partial charge < -0.3 is 19.2 Å². The summed E-state index contributed by atoms with van der Waals surface area (Å²) in [6.07, 6.45) is 7.12. The van der Waals surface area contributed by atoms with Crippen LogP contribution in [0.15, 0.2) is 65.3 Å². The Morgan fingerprint density at radius 2 is 1.78 bits per heavy atom. The van der Waals surface area contributed by atoms with Gasteiger partial charge in [-0.2, -0.15) is 0 Å². The van der Waals surface area contributed by atoms with Gasteiger partial charge in [-0.3, -0.25) is 9.59 Å². The second-order valence-electron chi connectivity index (χ2n) is 9.13. The molecule has 1 atom stereocenters. The van der Waals surface area contributed by atoms with Gasteiger partial charge >= 0.3 is 0 Å². The van der Waals surface area contributed by atoms with E-state index < -0.39 is 5.54 Å². The smallest absolute Gasteiger partial charge is 0.271 e.